The first-order valence-corrected chi connectivity index (χ1v) is 19.3. The molecule has 0 aliphatic carbocycles. The zero-order chi connectivity index (χ0) is 37.8. The van der Waals surface area contributed by atoms with E-state index in [4.69, 9.17) is 23.2 Å². The number of aliphatic hydroxyl groups is 1. The second-order valence-corrected chi connectivity index (χ2v) is 16.7. The lowest BCUT2D eigenvalue weighted by Crippen LogP contribution is -2.48. The highest BCUT2D eigenvalue weighted by atomic mass is 35.5. The molecule has 12 heteroatoms. The summed E-state index contributed by atoms with van der Waals surface area (Å²) in [6.07, 6.45) is 7.09. The topological polar surface area (TPSA) is 97.4 Å². The number of unbranched alkanes of at least 4 members (excludes halogenated alkanes) is 2. The Balaban J connectivity index is 1.57. The van der Waals surface area contributed by atoms with Gasteiger partial charge in [0.2, 0.25) is 5.91 Å². The molecular formula is C40H52Cl2F2N6O2. The van der Waals surface area contributed by atoms with E-state index in [1.807, 2.05) is 32.6 Å². The lowest BCUT2D eigenvalue weighted by Gasteiger charge is -2.39. The maximum Gasteiger partial charge on any atom is 0.243 e. The molecule has 1 amide bonds. The minimum Gasteiger partial charge on any atom is -0.388 e. The molecular weight excluding hydrogens is 705 g/mol. The van der Waals surface area contributed by atoms with Crippen molar-refractivity contribution >= 4 is 34.9 Å². The van der Waals surface area contributed by atoms with Crippen LogP contribution in [0.5, 0.6) is 0 Å². The first-order chi connectivity index (χ1) is 24.7. The van der Waals surface area contributed by atoms with Crippen LogP contribution in [0.4, 0.5) is 14.6 Å². The molecule has 2 aliphatic rings. The van der Waals surface area contributed by atoms with Gasteiger partial charge in [-0.2, -0.15) is 10.4 Å². The first kappa shape index (κ1) is 40.1. The molecule has 1 aromatic heterocycles. The van der Waals surface area contributed by atoms with Crippen LogP contribution in [-0.2, 0) is 16.8 Å². The van der Waals surface area contributed by atoms with Crippen LogP contribution in [-0.4, -0.2) is 74.5 Å². The summed E-state index contributed by atoms with van der Waals surface area (Å²) in [5.74, 6) is -2.87. The third-order valence-corrected chi connectivity index (χ3v) is 11.3. The number of hydrogen-bond acceptors (Lipinski definition) is 6. The Morgan fingerprint density at radius 2 is 1.77 bits per heavy atom. The Morgan fingerprint density at radius 1 is 1.08 bits per heavy atom. The summed E-state index contributed by atoms with van der Waals surface area (Å²) >= 11 is 12.6. The number of likely N-dealkylation sites (tertiary alicyclic amines) is 2. The zero-order valence-electron chi connectivity index (χ0n) is 30.9. The van der Waals surface area contributed by atoms with Crippen LogP contribution >= 0.6 is 23.2 Å². The number of anilines is 1. The van der Waals surface area contributed by atoms with Crippen molar-refractivity contribution in [2.24, 2.45) is 5.41 Å². The lowest BCUT2D eigenvalue weighted by molar-refractivity contribution is -0.121. The van der Waals surface area contributed by atoms with Crippen molar-refractivity contribution in [1.29, 1.82) is 5.26 Å². The Labute approximate surface area is 317 Å². The van der Waals surface area contributed by atoms with Gasteiger partial charge in [-0.1, -0.05) is 88.9 Å². The fourth-order valence-electron chi connectivity index (χ4n) is 8.20. The van der Waals surface area contributed by atoms with Gasteiger partial charge in [0.25, 0.3) is 0 Å². The average Bonchev–Trinajstić information content (AvgIpc) is 3.63. The van der Waals surface area contributed by atoms with E-state index < -0.39 is 46.6 Å². The normalized spacial score (nSPS) is 23.8. The van der Waals surface area contributed by atoms with E-state index in [0.717, 1.165) is 45.0 Å². The lowest BCUT2D eigenvalue weighted by atomic mass is 9.62. The van der Waals surface area contributed by atoms with Gasteiger partial charge in [-0.05, 0) is 74.4 Å². The summed E-state index contributed by atoms with van der Waals surface area (Å²) in [7, 11) is 0. The molecule has 2 aromatic carbocycles. The van der Waals surface area contributed by atoms with Gasteiger partial charge in [-0.25, -0.2) is 8.78 Å². The number of aromatic nitrogens is 2. The van der Waals surface area contributed by atoms with Crippen molar-refractivity contribution in [3.63, 3.8) is 0 Å². The maximum absolute atomic E-state index is 16.3. The fourth-order valence-corrected chi connectivity index (χ4v) is 8.54. The highest BCUT2D eigenvalue weighted by Crippen LogP contribution is 2.57. The number of halogens is 4. The van der Waals surface area contributed by atoms with Gasteiger partial charge in [-0.15, -0.1) is 0 Å². The number of carbonyl (C=O) groups excluding carboxylic acids is 1. The SMILES string of the molecule is CCCCN1CCC(O)(Cn2ccc(NC(=O)[C@H]3[C@H](c4cccc(Cl)c4F)[C@@](C#N)(c4ccc(Cl)cc4F)[C@H](CC(C)(C)C)N3CCCC)n2)CC1. The van der Waals surface area contributed by atoms with Gasteiger partial charge >= 0.3 is 0 Å². The highest BCUT2D eigenvalue weighted by molar-refractivity contribution is 6.31. The van der Waals surface area contributed by atoms with E-state index in [0.29, 0.717) is 32.2 Å². The summed E-state index contributed by atoms with van der Waals surface area (Å²) in [5, 5.41) is 30.4. The molecule has 0 spiro atoms. The molecule has 2 N–H and O–H groups in total. The van der Waals surface area contributed by atoms with Crippen LogP contribution in [0.1, 0.15) is 96.6 Å². The monoisotopic (exact) mass is 756 g/mol. The standard InChI is InChI=1S/C40H52Cl2F2N6O2/c1-6-8-18-48-21-16-39(52,17-22-48)26-49-20-15-33(47-49)46-37(51)36-34(28-11-10-12-30(42)35(28)44)40(25-45,29-14-13-27(41)23-31(29)43)32(24-38(3,4)5)50(36)19-9-7-2/h10-15,20,23,32,34,36,52H,6-9,16-19,21-22,24,26H2,1-5H3,(H,46,47,51)/t32-,34-,36+,40-/m0/s1. The number of amides is 1. The first-order valence-electron chi connectivity index (χ1n) is 18.5. The predicted molar refractivity (Wildman–Crippen MR) is 203 cm³/mol. The van der Waals surface area contributed by atoms with Crippen molar-refractivity contribution in [3.05, 3.63) is 81.5 Å². The summed E-state index contributed by atoms with van der Waals surface area (Å²) in [6.45, 7) is 13.6. The Bertz CT molecular complexity index is 1750. The minimum absolute atomic E-state index is 0.0492. The van der Waals surface area contributed by atoms with Gasteiger partial charge in [0.05, 0.1) is 29.3 Å². The number of rotatable bonds is 13. The zero-order valence-corrected chi connectivity index (χ0v) is 32.5. The number of carbonyl (C=O) groups is 1. The number of nitrogens with zero attached hydrogens (tertiary/aromatic N) is 5. The number of piperidine rings is 1. The quantitative estimate of drug-likeness (QED) is 0.182. The van der Waals surface area contributed by atoms with Crippen molar-refractivity contribution in [3.8, 4) is 6.07 Å². The van der Waals surface area contributed by atoms with E-state index in [9.17, 15) is 15.2 Å². The van der Waals surface area contributed by atoms with Crippen LogP contribution in [0.3, 0.4) is 0 Å². The Morgan fingerprint density at radius 3 is 2.40 bits per heavy atom. The molecule has 52 heavy (non-hydrogen) atoms. The van der Waals surface area contributed by atoms with Crippen molar-refractivity contribution in [2.75, 3.05) is 31.5 Å². The molecule has 0 bridgehead atoms. The molecule has 2 fully saturated rings. The van der Waals surface area contributed by atoms with Crippen LogP contribution in [0, 0.1) is 28.4 Å². The molecule has 0 unspecified atom stereocenters. The van der Waals surface area contributed by atoms with Crippen LogP contribution < -0.4 is 5.32 Å². The molecule has 4 atom stereocenters. The van der Waals surface area contributed by atoms with E-state index >= 15 is 8.78 Å². The van der Waals surface area contributed by atoms with Crippen LogP contribution in [0.15, 0.2) is 48.7 Å². The number of benzene rings is 2. The van der Waals surface area contributed by atoms with Crippen molar-refractivity contribution in [1.82, 2.24) is 19.6 Å². The third kappa shape index (κ3) is 8.50. The maximum atomic E-state index is 16.3. The molecule has 0 saturated carbocycles. The number of hydrogen-bond donors (Lipinski definition) is 2. The molecule has 3 aromatic rings. The third-order valence-electron chi connectivity index (χ3n) is 10.8. The molecule has 282 valence electrons. The van der Waals surface area contributed by atoms with Crippen molar-refractivity contribution in [2.45, 2.75) is 115 Å². The highest BCUT2D eigenvalue weighted by Gasteiger charge is 2.64. The van der Waals surface area contributed by atoms with E-state index in [1.165, 1.54) is 24.3 Å². The van der Waals surface area contributed by atoms with Crippen LogP contribution in [0.25, 0.3) is 0 Å². The van der Waals surface area contributed by atoms with Crippen molar-refractivity contribution < 1.29 is 18.7 Å². The van der Waals surface area contributed by atoms with Gasteiger partial charge in [-0.3, -0.25) is 14.4 Å². The minimum atomic E-state index is -1.72. The number of nitriles is 1. The Hall–Kier alpha value is -3.07. The second kappa shape index (κ2) is 16.5. The molecule has 2 aliphatic heterocycles. The second-order valence-electron chi connectivity index (χ2n) is 15.8. The summed E-state index contributed by atoms with van der Waals surface area (Å²) in [4.78, 5) is 19.1. The summed E-state index contributed by atoms with van der Waals surface area (Å²) in [5.41, 5.74) is -2.91. The molecule has 3 heterocycles. The van der Waals surface area contributed by atoms with Gasteiger partial charge in [0.1, 0.15) is 17.0 Å². The molecule has 2 saturated heterocycles. The van der Waals surface area contributed by atoms with Gasteiger partial charge in [0.15, 0.2) is 5.82 Å². The number of nitrogens with one attached hydrogen (secondary N) is 1. The van der Waals surface area contributed by atoms with E-state index in [2.05, 4.69) is 28.3 Å². The summed E-state index contributed by atoms with van der Waals surface area (Å²) in [6, 6.07) is 11.1. The molecule has 8 nitrogen and oxygen atoms in total. The Kier molecular flexibility index (Phi) is 12.7. The average molecular weight is 758 g/mol. The largest absolute Gasteiger partial charge is 0.388 e. The molecule has 0 radical (unpaired) electrons. The van der Waals surface area contributed by atoms with Gasteiger partial charge in [0, 0.05) is 47.9 Å². The predicted octanol–water partition coefficient (Wildman–Crippen LogP) is 8.57. The van der Waals surface area contributed by atoms with Gasteiger partial charge < -0.3 is 15.3 Å². The summed E-state index contributed by atoms with van der Waals surface area (Å²) < 4.78 is 34.2. The van der Waals surface area contributed by atoms with E-state index in [1.54, 1.807) is 23.0 Å². The van der Waals surface area contributed by atoms with E-state index in [-0.39, 0.29) is 38.9 Å². The fraction of sp³-hybridized carbons (Fsp3) is 0.575. The van der Waals surface area contributed by atoms with Crippen LogP contribution in [0.2, 0.25) is 10.0 Å². The smallest absolute Gasteiger partial charge is 0.243 e. The molecule has 5 rings (SSSR count).